The Labute approximate surface area is 186 Å². The molecule has 1 aromatic heterocycles. The molecule has 0 aliphatic carbocycles. The summed E-state index contributed by atoms with van der Waals surface area (Å²) in [6, 6.07) is 1.71. The molecule has 2 saturated heterocycles. The van der Waals surface area contributed by atoms with Crippen LogP contribution in [0.15, 0.2) is 23.7 Å². The van der Waals surface area contributed by atoms with Gasteiger partial charge in [-0.15, -0.1) is 11.3 Å². The number of hydrogen-bond acceptors (Lipinski definition) is 8. The maximum absolute atomic E-state index is 14.9. The fraction of sp³-hybridized carbons (Fsp3) is 0.421. The van der Waals surface area contributed by atoms with Gasteiger partial charge in [-0.25, -0.2) is 28.4 Å². The maximum atomic E-state index is 14.9. The predicted molar refractivity (Wildman–Crippen MR) is 112 cm³/mol. The highest BCUT2D eigenvalue weighted by Gasteiger charge is 2.33. The fourth-order valence-electron chi connectivity index (χ4n) is 3.48. The summed E-state index contributed by atoms with van der Waals surface area (Å²) in [5.74, 6) is -1.66. The quantitative estimate of drug-likeness (QED) is 0.686. The number of halogens is 2. The minimum absolute atomic E-state index is 0.0546. The van der Waals surface area contributed by atoms with E-state index >= 15 is 0 Å². The van der Waals surface area contributed by atoms with E-state index in [1.807, 2.05) is 0 Å². The van der Waals surface area contributed by atoms with Crippen LogP contribution < -0.4 is 20.9 Å². The second-order valence-electron chi connectivity index (χ2n) is 7.12. The van der Waals surface area contributed by atoms with Crippen LogP contribution in [0.4, 0.5) is 29.7 Å². The lowest BCUT2D eigenvalue weighted by molar-refractivity contribution is -0.104. The third kappa shape index (κ3) is 4.74. The third-order valence-corrected chi connectivity index (χ3v) is 5.83. The minimum Gasteiger partial charge on any atom is -0.443 e. The van der Waals surface area contributed by atoms with E-state index < -0.39 is 29.9 Å². The summed E-state index contributed by atoms with van der Waals surface area (Å²) >= 11 is 1.41. The van der Waals surface area contributed by atoms with Gasteiger partial charge in [-0.3, -0.25) is 9.74 Å². The number of thiazole rings is 1. The second-order valence-corrected chi connectivity index (χ2v) is 8.10. The molecule has 4 rings (SSSR count). The average Bonchev–Trinajstić information content (AvgIpc) is 3.35. The number of carbonyl (C=O) groups excluding carboxylic acids is 2. The van der Waals surface area contributed by atoms with Crippen LogP contribution in [-0.4, -0.2) is 67.6 Å². The van der Waals surface area contributed by atoms with Gasteiger partial charge >= 0.3 is 12.1 Å². The van der Waals surface area contributed by atoms with Gasteiger partial charge in [0.15, 0.2) is 11.6 Å². The van der Waals surface area contributed by atoms with Crippen LogP contribution in [0.1, 0.15) is 5.01 Å². The summed E-state index contributed by atoms with van der Waals surface area (Å²) in [6.07, 6.45) is 0.419. The van der Waals surface area contributed by atoms with Crippen molar-refractivity contribution in [3.8, 4) is 0 Å². The number of nitrogens with two attached hydrogens (primary N) is 1. The number of urea groups is 1. The van der Waals surface area contributed by atoms with E-state index in [0.29, 0.717) is 0 Å². The first kappa shape index (κ1) is 22.2. The molecule has 3 amide bonds. The summed E-state index contributed by atoms with van der Waals surface area (Å²) in [6.45, 7) is 0.976. The lowest BCUT2D eigenvalue weighted by Crippen LogP contribution is -2.41. The molecule has 2 aliphatic heterocycles. The molecule has 1 aromatic carbocycles. The van der Waals surface area contributed by atoms with Crippen molar-refractivity contribution in [2.75, 3.05) is 49.1 Å². The number of hydroxylamine groups is 2. The van der Waals surface area contributed by atoms with E-state index in [0.717, 1.165) is 27.1 Å². The van der Waals surface area contributed by atoms with Crippen LogP contribution in [0.25, 0.3) is 0 Å². The number of amides is 3. The highest BCUT2D eigenvalue weighted by atomic mass is 32.1. The molecule has 0 spiro atoms. The number of ether oxygens (including phenoxy) is 1. The van der Waals surface area contributed by atoms with Gasteiger partial charge in [0.1, 0.15) is 16.8 Å². The molecule has 13 heteroatoms. The van der Waals surface area contributed by atoms with Crippen molar-refractivity contribution in [3.05, 3.63) is 40.4 Å². The van der Waals surface area contributed by atoms with Gasteiger partial charge in [0.25, 0.3) is 0 Å². The Balaban J connectivity index is 1.41. The third-order valence-electron chi connectivity index (χ3n) is 5.05. The Kier molecular flexibility index (Phi) is 6.67. The van der Waals surface area contributed by atoms with E-state index in [1.54, 1.807) is 11.6 Å². The number of nitrogens with one attached hydrogen (secondary N) is 1. The molecule has 2 aliphatic rings. The van der Waals surface area contributed by atoms with Gasteiger partial charge in [0.05, 0.1) is 31.9 Å². The highest BCUT2D eigenvalue weighted by Crippen LogP contribution is 2.31. The molecule has 32 heavy (non-hydrogen) atoms. The highest BCUT2D eigenvalue weighted by molar-refractivity contribution is 7.09. The zero-order chi connectivity index (χ0) is 22.7. The van der Waals surface area contributed by atoms with Gasteiger partial charge in [-0.2, -0.15) is 0 Å². The van der Waals surface area contributed by atoms with Crippen molar-refractivity contribution in [2.24, 2.45) is 5.73 Å². The van der Waals surface area contributed by atoms with Crippen molar-refractivity contribution < 1.29 is 27.9 Å². The molecular weight excluding hydrogens is 446 g/mol. The maximum Gasteiger partial charge on any atom is 0.414 e. The molecule has 0 unspecified atom stereocenters. The Bertz CT molecular complexity index is 956. The van der Waals surface area contributed by atoms with Crippen molar-refractivity contribution in [3.63, 3.8) is 0 Å². The first-order valence-corrected chi connectivity index (χ1v) is 10.8. The molecule has 0 saturated carbocycles. The molecule has 10 nitrogen and oxygen atoms in total. The number of cyclic esters (lactones) is 1. The standard InChI is InChI=1S/C19H22F2N6O4S/c20-14-7-12(26-11-13(9-22)31-19(26)29)8-15(21)17(14)25-2-3-27(30-5-4-25)18(28)24-10-16-23-1-6-32-16/h1,6-8,13H,2-5,9-11,22H2,(H,24,28)/t13-/m0/s1. The summed E-state index contributed by atoms with van der Waals surface area (Å²) in [7, 11) is 0. The fourth-order valence-corrected chi connectivity index (χ4v) is 4.03. The van der Waals surface area contributed by atoms with E-state index in [2.05, 4.69) is 10.3 Å². The lowest BCUT2D eigenvalue weighted by atomic mass is 10.2. The molecule has 0 radical (unpaired) electrons. The minimum atomic E-state index is -0.828. The number of nitrogens with zero attached hydrogens (tertiary/aromatic N) is 4. The molecular formula is C19H22F2N6O4S. The Hall–Kier alpha value is -3.03. The van der Waals surface area contributed by atoms with Crippen LogP contribution >= 0.6 is 11.3 Å². The zero-order valence-electron chi connectivity index (χ0n) is 17.0. The van der Waals surface area contributed by atoms with Gasteiger partial charge in [0.2, 0.25) is 0 Å². The predicted octanol–water partition coefficient (Wildman–Crippen LogP) is 1.67. The van der Waals surface area contributed by atoms with Crippen molar-refractivity contribution >= 4 is 34.8 Å². The summed E-state index contributed by atoms with van der Waals surface area (Å²) in [4.78, 5) is 36.4. The topological polar surface area (TPSA) is 113 Å². The molecule has 2 fully saturated rings. The van der Waals surface area contributed by atoms with E-state index in [-0.39, 0.29) is 57.3 Å². The number of aromatic nitrogens is 1. The first-order chi connectivity index (χ1) is 15.5. The van der Waals surface area contributed by atoms with Gasteiger partial charge in [0, 0.05) is 43.3 Å². The molecule has 0 bridgehead atoms. The normalized spacial score (nSPS) is 19.2. The molecule has 2 aromatic rings. The van der Waals surface area contributed by atoms with Crippen molar-refractivity contribution in [1.82, 2.24) is 15.4 Å². The molecule has 172 valence electrons. The van der Waals surface area contributed by atoms with Crippen molar-refractivity contribution in [2.45, 2.75) is 12.6 Å². The number of benzene rings is 1. The molecule has 3 N–H and O–H groups in total. The van der Waals surface area contributed by atoms with Crippen LogP contribution in [0.3, 0.4) is 0 Å². The van der Waals surface area contributed by atoms with Gasteiger partial charge < -0.3 is 20.7 Å². The lowest BCUT2D eigenvalue weighted by Gasteiger charge is -2.24. The van der Waals surface area contributed by atoms with E-state index in [4.69, 9.17) is 15.3 Å². The Morgan fingerprint density at radius 1 is 1.28 bits per heavy atom. The summed E-state index contributed by atoms with van der Waals surface area (Å²) in [5, 5.41) is 6.38. The van der Waals surface area contributed by atoms with Gasteiger partial charge in [-0.05, 0) is 0 Å². The van der Waals surface area contributed by atoms with Crippen LogP contribution in [-0.2, 0) is 16.1 Å². The number of anilines is 2. The molecule has 1 atom stereocenters. The van der Waals surface area contributed by atoms with Crippen LogP contribution in [0, 0.1) is 11.6 Å². The summed E-state index contributed by atoms with van der Waals surface area (Å²) in [5.41, 5.74) is 5.31. The monoisotopic (exact) mass is 468 g/mol. The number of hydrogen-bond donors (Lipinski definition) is 2. The first-order valence-electron chi connectivity index (χ1n) is 9.95. The number of carbonyl (C=O) groups is 2. The smallest absolute Gasteiger partial charge is 0.414 e. The van der Waals surface area contributed by atoms with E-state index in [9.17, 15) is 18.4 Å². The number of rotatable bonds is 5. The van der Waals surface area contributed by atoms with E-state index in [1.165, 1.54) is 16.2 Å². The Morgan fingerprint density at radius 2 is 2.06 bits per heavy atom. The zero-order valence-corrected chi connectivity index (χ0v) is 17.8. The molecule has 3 heterocycles. The Morgan fingerprint density at radius 3 is 2.72 bits per heavy atom. The second kappa shape index (κ2) is 9.63. The largest absolute Gasteiger partial charge is 0.443 e. The SMILES string of the molecule is NC[C@H]1CN(c2cc(F)c(N3CCON(C(=O)NCc4nccs4)CC3)c(F)c2)C(=O)O1. The average molecular weight is 468 g/mol. The van der Waals surface area contributed by atoms with Crippen molar-refractivity contribution in [1.29, 1.82) is 0 Å². The van der Waals surface area contributed by atoms with Gasteiger partial charge in [-0.1, -0.05) is 0 Å². The summed E-state index contributed by atoms with van der Waals surface area (Å²) < 4.78 is 34.8. The van der Waals surface area contributed by atoms with Crippen LogP contribution in [0.2, 0.25) is 0 Å². The van der Waals surface area contributed by atoms with Crippen LogP contribution in [0.5, 0.6) is 0 Å².